The van der Waals surface area contributed by atoms with E-state index in [4.69, 9.17) is 4.74 Å². The molecule has 2 rings (SSSR count). The van der Waals surface area contributed by atoms with Crippen molar-refractivity contribution in [2.24, 2.45) is 0 Å². The number of carbonyl (C=O) groups excluding carboxylic acids is 1. The third-order valence-corrected chi connectivity index (χ3v) is 4.38. The van der Waals surface area contributed by atoms with Crippen LogP contribution in [0.4, 0.5) is 5.13 Å². The van der Waals surface area contributed by atoms with Crippen LogP contribution in [0, 0.1) is 6.92 Å². The van der Waals surface area contributed by atoms with Gasteiger partial charge in [-0.25, -0.2) is 9.78 Å². The van der Waals surface area contributed by atoms with Gasteiger partial charge in [-0.1, -0.05) is 0 Å². The Kier molecular flexibility index (Phi) is 3.61. The van der Waals surface area contributed by atoms with Crippen molar-refractivity contribution in [2.75, 3.05) is 18.1 Å². The summed E-state index contributed by atoms with van der Waals surface area (Å²) in [6.45, 7) is 9.59. The van der Waals surface area contributed by atoms with Gasteiger partial charge in [0.1, 0.15) is 0 Å². The van der Waals surface area contributed by atoms with E-state index < -0.39 is 0 Å². The lowest BCUT2D eigenvalue weighted by Gasteiger charge is -2.31. The molecule has 100 valence electrons. The summed E-state index contributed by atoms with van der Waals surface area (Å²) in [5, 5.41) is 0.943. The summed E-state index contributed by atoms with van der Waals surface area (Å²) < 4.78 is 5.02. The smallest absolute Gasteiger partial charge is 0.358 e. The minimum atomic E-state index is -0.311. The maximum Gasteiger partial charge on any atom is 0.358 e. The molecule has 0 aromatic carbocycles. The van der Waals surface area contributed by atoms with Gasteiger partial charge in [0.05, 0.1) is 6.61 Å². The van der Waals surface area contributed by atoms with Crippen molar-refractivity contribution in [3.8, 4) is 0 Å². The number of esters is 1. The quantitative estimate of drug-likeness (QED) is 0.790. The molecule has 5 heteroatoms. The van der Waals surface area contributed by atoms with Crippen LogP contribution in [0.3, 0.4) is 0 Å². The highest BCUT2D eigenvalue weighted by Crippen LogP contribution is 2.36. The van der Waals surface area contributed by atoms with E-state index in [1.54, 1.807) is 11.3 Å². The zero-order valence-electron chi connectivity index (χ0n) is 11.4. The largest absolute Gasteiger partial charge is 0.461 e. The lowest BCUT2D eigenvalue weighted by Crippen LogP contribution is -2.38. The molecule has 0 unspecified atom stereocenters. The van der Waals surface area contributed by atoms with Crippen molar-refractivity contribution >= 4 is 22.4 Å². The van der Waals surface area contributed by atoms with Crippen molar-refractivity contribution in [1.29, 1.82) is 0 Å². The topological polar surface area (TPSA) is 42.4 Å². The molecule has 1 aromatic heterocycles. The number of thiazole rings is 1. The molecule has 0 amide bonds. The van der Waals surface area contributed by atoms with E-state index in [0.717, 1.165) is 16.6 Å². The van der Waals surface area contributed by atoms with E-state index in [0.29, 0.717) is 12.3 Å². The van der Waals surface area contributed by atoms with Crippen LogP contribution >= 0.6 is 11.3 Å². The Morgan fingerprint density at radius 2 is 2.28 bits per heavy atom. The molecule has 1 aromatic rings. The van der Waals surface area contributed by atoms with Gasteiger partial charge in [0, 0.05) is 17.0 Å². The van der Waals surface area contributed by atoms with Crippen LogP contribution in [0.1, 0.15) is 49.0 Å². The van der Waals surface area contributed by atoms with Gasteiger partial charge in [-0.3, -0.25) is 0 Å². The molecule has 1 aliphatic rings. The van der Waals surface area contributed by atoms with E-state index in [2.05, 4.69) is 23.7 Å². The van der Waals surface area contributed by atoms with Crippen LogP contribution in [0.2, 0.25) is 0 Å². The normalized spacial score (nSPS) is 18.1. The van der Waals surface area contributed by atoms with Gasteiger partial charge in [-0.2, -0.15) is 0 Å². The Labute approximate surface area is 112 Å². The third kappa shape index (κ3) is 2.36. The maximum absolute atomic E-state index is 11.8. The van der Waals surface area contributed by atoms with Gasteiger partial charge in [-0.05, 0) is 40.5 Å². The summed E-state index contributed by atoms with van der Waals surface area (Å²) in [5.74, 6) is -0.311. The second kappa shape index (κ2) is 4.88. The molecule has 0 N–H and O–H groups in total. The lowest BCUT2D eigenvalue weighted by molar-refractivity contribution is 0.0519. The lowest BCUT2D eigenvalue weighted by atomic mass is 10.0. The molecule has 4 nitrogen and oxygen atoms in total. The minimum Gasteiger partial charge on any atom is -0.461 e. The number of hydrogen-bond acceptors (Lipinski definition) is 5. The third-order valence-electron chi connectivity index (χ3n) is 3.39. The molecule has 0 atom stereocenters. The molecule has 0 saturated carbocycles. The fourth-order valence-electron chi connectivity index (χ4n) is 2.35. The van der Waals surface area contributed by atoms with Crippen molar-refractivity contribution in [2.45, 2.75) is 46.1 Å². The van der Waals surface area contributed by atoms with E-state index in [9.17, 15) is 4.79 Å². The van der Waals surface area contributed by atoms with Crippen LogP contribution in [0.5, 0.6) is 0 Å². The number of aromatic nitrogens is 1. The molecule has 2 heterocycles. The standard InChI is InChI=1S/C13H20N2O2S/c1-5-17-11(16)10-9(2)18-12(14-10)15-8-6-7-13(15,3)4/h5-8H2,1-4H3. The van der Waals surface area contributed by atoms with Gasteiger partial charge in [0.25, 0.3) is 0 Å². The number of ether oxygens (including phenoxy) is 1. The van der Waals surface area contributed by atoms with Crippen molar-refractivity contribution < 1.29 is 9.53 Å². The zero-order valence-corrected chi connectivity index (χ0v) is 12.3. The highest BCUT2D eigenvalue weighted by atomic mass is 32.1. The first kappa shape index (κ1) is 13.3. The average molecular weight is 268 g/mol. The Morgan fingerprint density at radius 3 is 2.83 bits per heavy atom. The van der Waals surface area contributed by atoms with Gasteiger partial charge in [-0.15, -0.1) is 11.3 Å². The predicted molar refractivity (Wildman–Crippen MR) is 73.5 cm³/mol. The van der Waals surface area contributed by atoms with Gasteiger partial charge in [0.2, 0.25) is 0 Å². The number of anilines is 1. The molecule has 0 radical (unpaired) electrons. The van der Waals surface area contributed by atoms with Crippen LogP contribution < -0.4 is 4.90 Å². The Balaban J connectivity index is 2.26. The molecule has 1 aliphatic heterocycles. The Morgan fingerprint density at radius 1 is 1.56 bits per heavy atom. The average Bonchev–Trinajstić information content (AvgIpc) is 2.81. The minimum absolute atomic E-state index is 0.135. The van der Waals surface area contributed by atoms with Crippen LogP contribution in [-0.2, 0) is 4.74 Å². The van der Waals surface area contributed by atoms with Crippen molar-refractivity contribution in [3.05, 3.63) is 10.6 Å². The SMILES string of the molecule is CCOC(=O)c1nc(N2CCCC2(C)C)sc1C. The zero-order chi connectivity index (χ0) is 13.3. The van der Waals surface area contributed by atoms with Gasteiger partial charge >= 0.3 is 5.97 Å². The second-order valence-corrected chi connectivity index (χ2v) is 6.37. The summed E-state index contributed by atoms with van der Waals surface area (Å²) in [6, 6.07) is 0. The Bertz CT molecular complexity index is 454. The fourth-order valence-corrected chi connectivity index (χ4v) is 3.43. The first-order chi connectivity index (χ1) is 8.45. The van der Waals surface area contributed by atoms with E-state index in [1.807, 2.05) is 13.8 Å². The highest BCUT2D eigenvalue weighted by molar-refractivity contribution is 7.15. The van der Waals surface area contributed by atoms with Gasteiger partial charge in [0.15, 0.2) is 10.8 Å². The second-order valence-electron chi connectivity index (χ2n) is 5.19. The molecule has 0 bridgehead atoms. The summed E-state index contributed by atoms with van der Waals surface area (Å²) in [6.07, 6.45) is 2.35. The summed E-state index contributed by atoms with van der Waals surface area (Å²) in [5.41, 5.74) is 0.607. The number of rotatable bonds is 3. The van der Waals surface area contributed by atoms with Crippen molar-refractivity contribution in [3.63, 3.8) is 0 Å². The van der Waals surface area contributed by atoms with E-state index >= 15 is 0 Å². The first-order valence-electron chi connectivity index (χ1n) is 6.38. The molecule has 1 fully saturated rings. The number of hydrogen-bond donors (Lipinski definition) is 0. The van der Waals surface area contributed by atoms with Gasteiger partial charge < -0.3 is 9.64 Å². The number of nitrogens with zero attached hydrogens (tertiary/aromatic N) is 2. The fraction of sp³-hybridized carbons (Fsp3) is 0.692. The number of carbonyl (C=O) groups is 1. The van der Waals surface area contributed by atoms with E-state index in [-0.39, 0.29) is 11.5 Å². The Hall–Kier alpha value is -1.10. The molecular formula is C13H20N2O2S. The number of aryl methyl sites for hydroxylation is 1. The molecule has 18 heavy (non-hydrogen) atoms. The van der Waals surface area contributed by atoms with Crippen LogP contribution in [0.25, 0.3) is 0 Å². The monoisotopic (exact) mass is 268 g/mol. The van der Waals surface area contributed by atoms with Crippen molar-refractivity contribution in [1.82, 2.24) is 4.98 Å². The maximum atomic E-state index is 11.8. The predicted octanol–water partition coefficient (Wildman–Crippen LogP) is 3.01. The van der Waals surface area contributed by atoms with Crippen LogP contribution in [0.15, 0.2) is 0 Å². The molecular weight excluding hydrogens is 248 g/mol. The summed E-state index contributed by atoms with van der Waals surface area (Å²) >= 11 is 1.58. The summed E-state index contributed by atoms with van der Waals surface area (Å²) in [7, 11) is 0. The first-order valence-corrected chi connectivity index (χ1v) is 7.19. The van der Waals surface area contributed by atoms with Crippen LogP contribution in [-0.4, -0.2) is 29.6 Å². The van der Waals surface area contributed by atoms with E-state index in [1.165, 1.54) is 12.8 Å². The summed E-state index contributed by atoms with van der Waals surface area (Å²) in [4.78, 5) is 19.5. The highest BCUT2D eigenvalue weighted by Gasteiger charge is 2.34. The molecule has 1 saturated heterocycles. The molecule has 0 spiro atoms. The molecule has 0 aliphatic carbocycles.